The minimum atomic E-state index is -1.08. The van der Waals surface area contributed by atoms with Gasteiger partial charge in [-0.25, -0.2) is 0 Å². The van der Waals surface area contributed by atoms with Gasteiger partial charge in [-0.05, 0) is 6.42 Å². The molecule has 1 atom stereocenters. The third kappa shape index (κ3) is 2.60. The average molecular weight is 286 g/mol. The molecule has 19 heavy (non-hydrogen) atoms. The Bertz CT molecular complexity index is 518. The first kappa shape index (κ1) is 13.5. The van der Waals surface area contributed by atoms with Crippen molar-refractivity contribution in [3.8, 4) is 16.6 Å². The largest absolute Gasteiger partial charge is 0.497 e. The molecule has 0 radical (unpaired) electrons. The Morgan fingerprint density at radius 3 is 2.79 bits per heavy atom. The van der Waals surface area contributed by atoms with Gasteiger partial charge in [-0.3, -0.25) is 4.79 Å². The molecule has 0 fully saturated rings. The maximum atomic E-state index is 11.2. The zero-order chi connectivity index (χ0) is 14.0. The number of carboxylic acids is 1. The zero-order valence-electron chi connectivity index (χ0n) is 10.3. The summed E-state index contributed by atoms with van der Waals surface area (Å²) < 4.78 is 10.4. The Kier molecular flexibility index (Phi) is 3.84. The van der Waals surface area contributed by atoms with Crippen LogP contribution in [0.15, 0.2) is 17.1 Å². The number of rotatable bonds is 5. The molecule has 0 saturated heterocycles. The predicted molar refractivity (Wildman–Crippen MR) is 67.5 cm³/mol. The summed E-state index contributed by atoms with van der Waals surface area (Å²) in [6.45, 7) is 1.94. The Morgan fingerprint density at radius 2 is 2.16 bits per heavy atom. The number of ether oxygens (including phenoxy) is 2. The third-order valence-electron chi connectivity index (χ3n) is 2.79. The second kappa shape index (κ2) is 5.40. The van der Waals surface area contributed by atoms with Crippen LogP contribution < -0.4 is 9.47 Å². The van der Waals surface area contributed by atoms with E-state index in [0.29, 0.717) is 12.8 Å². The lowest BCUT2D eigenvalue weighted by atomic mass is 10.00. The van der Waals surface area contributed by atoms with Crippen molar-refractivity contribution in [1.82, 2.24) is 0 Å². The van der Waals surface area contributed by atoms with Crippen molar-refractivity contribution < 1.29 is 29.6 Å². The molecule has 1 aromatic heterocycles. The van der Waals surface area contributed by atoms with Crippen molar-refractivity contribution in [2.75, 3.05) is 0 Å². The van der Waals surface area contributed by atoms with Crippen molar-refractivity contribution in [2.45, 2.75) is 26.2 Å². The monoisotopic (exact) mass is 286 g/mol. The molecule has 0 bridgehead atoms. The molecule has 0 aromatic carbocycles. The van der Waals surface area contributed by atoms with Crippen molar-refractivity contribution in [1.29, 1.82) is 0 Å². The summed E-state index contributed by atoms with van der Waals surface area (Å²) in [6.07, 6.45) is 1.88. The predicted octanol–water partition coefficient (Wildman–Crippen LogP) is 2.84. The SMILES string of the molecule is CCCCC(C(=O)O)C1=C(O)Oc2c(csc2O)O1. The molecule has 2 rings (SSSR count). The molecule has 0 amide bonds. The Balaban J connectivity index is 2.25. The summed E-state index contributed by atoms with van der Waals surface area (Å²) in [5.74, 6) is -2.53. The second-order valence-corrected chi connectivity index (χ2v) is 5.00. The molecule has 3 N–H and O–H groups in total. The van der Waals surface area contributed by atoms with E-state index in [9.17, 15) is 20.1 Å². The van der Waals surface area contributed by atoms with Crippen LogP contribution in [-0.2, 0) is 4.79 Å². The van der Waals surface area contributed by atoms with E-state index >= 15 is 0 Å². The minimum Gasteiger partial charge on any atom is -0.497 e. The smallest absolute Gasteiger partial charge is 0.323 e. The molecule has 104 valence electrons. The molecule has 7 heteroatoms. The second-order valence-electron chi connectivity index (χ2n) is 4.14. The fourth-order valence-electron chi connectivity index (χ4n) is 1.79. The highest BCUT2D eigenvalue weighted by Crippen LogP contribution is 2.47. The molecule has 1 aliphatic heterocycles. The molecule has 2 heterocycles. The van der Waals surface area contributed by atoms with Crippen LogP contribution in [0.3, 0.4) is 0 Å². The van der Waals surface area contributed by atoms with E-state index in [2.05, 4.69) is 0 Å². The summed E-state index contributed by atoms with van der Waals surface area (Å²) in [4.78, 5) is 11.2. The summed E-state index contributed by atoms with van der Waals surface area (Å²) in [5, 5.41) is 29.8. The Morgan fingerprint density at radius 1 is 1.42 bits per heavy atom. The summed E-state index contributed by atoms with van der Waals surface area (Å²) in [6, 6.07) is 0. The van der Waals surface area contributed by atoms with E-state index in [1.54, 1.807) is 0 Å². The molecule has 1 aliphatic rings. The highest BCUT2D eigenvalue weighted by atomic mass is 32.1. The van der Waals surface area contributed by atoms with Gasteiger partial charge in [0.1, 0.15) is 5.92 Å². The number of aliphatic carboxylic acids is 1. The van der Waals surface area contributed by atoms with E-state index < -0.39 is 17.8 Å². The quantitative estimate of drug-likeness (QED) is 0.770. The average Bonchev–Trinajstić information content (AvgIpc) is 2.71. The van der Waals surface area contributed by atoms with E-state index in [0.717, 1.165) is 17.8 Å². The van der Waals surface area contributed by atoms with Gasteiger partial charge in [0.05, 0.1) is 0 Å². The fraction of sp³-hybridized carbons (Fsp3) is 0.417. The lowest BCUT2D eigenvalue weighted by Gasteiger charge is -2.22. The van der Waals surface area contributed by atoms with Gasteiger partial charge in [0, 0.05) is 5.38 Å². The number of aromatic hydroxyl groups is 1. The van der Waals surface area contributed by atoms with Crippen LogP contribution in [0.5, 0.6) is 16.6 Å². The molecule has 1 unspecified atom stereocenters. The van der Waals surface area contributed by atoms with Crippen LogP contribution in [0.25, 0.3) is 0 Å². The molecule has 0 saturated carbocycles. The number of thiophene rings is 1. The molecule has 6 nitrogen and oxygen atoms in total. The summed E-state index contributed by atoms with van der Waals surface area (Å²) in [7, 11) is 0. The first-order valence-corrected chi connectivity index (χ1v) is 6.74. The first-order valence-electron chi connectivity index (χ1n) is 5.86. The molecular formula is C12H14O6S. The van der Waals surface area contributed by atoms with Crippen LogP contribution >= 0.6 is 11.3 Å². The number of aliphatic hydroxyl groups excluding tert-OH is 1. The van der Waals surface area contributed by atoms with Crippen molar-refractivity contribution in [2.24, 2.45) is 5.92 Å². The maximum Gasteiger partial charge on any atom is 0.323 e. The number of aliphatic hydroxyl groups is 1. The number of carboxylic acid groups (broad SMARTS) is 1. The van der Waals surface area contributed by atoms with Crippen molar-refractivity contribution >= 4 is 17.3 Å². The van der Waals surface area contributed by atoms with Gasteiger partial charge in [-0.1, -0.05) is 31.1 Å². The highest BCUT2D eigenvalue weighted by molar-refractivity contribution is 7.12. The fourth-order valence-corrected chi connectivity index (χ4v) is 2.41. The highest BCUT2D eigenvalue weighted by Gasteiger charge is 2.34. The molecular weight excluding hydrogens is 272 g/mol. The zero-order valence-corrected chi connectivity index (χ0v) is 11.1. The van der Waals surface area contributed by atoms with Gasteiger partial charge in [-0.15, -0.1) is 0 Å². The van der Waals surface area contributed by atoms with Crippen LogP contribution in [-0.4, -0.2) is 21.3 Å². The Labute approximate surface area is 113 Å². The molecule has 1 aromatic rings. The van der Waals surface area contributed by atoms with E-state index in [4.69, 9.17) is 9.47 Å². The van der Waals surface area contributed by atoms with E-state index in [1.807, 2.05) is 6.92 Å². The van der Waals surface area contributed by atoms with Gasteiger partial charge in [0.2, 0.25) is 10.8 Å². The van der Waals surface area contributed by atoms with Gasteiger partial charge in [-0.2, -0.15) is 0 Å². The van der Waals surface area contributed by atoms with Crippen LogP contribution in [0, 0.1) is 5.92 Å². The number of carbonyl (C=O) groups is 1. The molecule has 0 aliphatic carbocycles. The van der Waals surface area contributed by atoms with Gasteiger partial charge in [0.15, 0.2) is 11.5 Å². The van der Waals surface area contributed by atoms with Gasteiger partial charge >= 0.3 is 11.9 Å². The normalized spacial score (nSPS) is 15.4. The summed E-state index contributed by atoms with van der Waals surface area (Å²) >= 11 is 0.983. The van der Waals surface area contributed by atoms with Crippen LogP contribution in [0.4, 0.5) is 0 Å². The van der Waals surface area contributed by atoms with Gasteiger partial charge in [0.25, 0.3) is 0 Å². The van der Waals surface area contributed by atoms with E-state index in [-0.39, 0.29) is 22.3 Å². The lowest BCUT2D eigenvalue weighted by Crippen LogP contribution is -2.24. The topological polar surface area (TPSA) is 96.2 Å². The number of unbranched alkanes of at least 4 members (excludes halogenated alkanes) is 1. The Hall–Kier alpha value is -1.89. The minimum absolute atomic E-state index is 0.0193. The third-order valence-corrected chi connectivity index (χ3v) is 3.53. The number of hydrogen-bond donors (Lipinski definition) is 3. The number of hydrogen-bond acceptors (Lipinski definition) is 6. The lowest BCUT2D eigenvalue weighted by molar-refractivity contribution is -0.141. The summed E-state index contributed by atoms with van der Waals surface area (Å²) in [5.41, 5.74) is 0. The van der Waals surface area contributed by atoms with Crippen molar-refractivity contribution in [3.63, 3.8) is 0 Å². The first-order chi connectivity index (χ1) is 9.04. The molecule has 0 spiro atoms. The van der Waals surface area contributed by atoms with E-state index in [1.165, 1.54) is 5.38 Å². The van der Waals surface area contributed by atoms with Gasteiger partial charge < -0.3 is 24.8 Å². The van der Waals surface area contributed by atoms with Crippen molar-refractivity contribution in [3.05, 3.63) is 17.1 Å². The van der Waals surface area contributed by atoms with Crippen LogP contribution in [0.2, 0.25) is 0 Å². The maximum absolute atomic E-state index is 11.2. The standard InChI is InChI=1S/C12H14O6S/c1-2-3-4-6(10(13)14)8-11(15)18-9-7(17-8)5-19-12(9)16/h5-6,15-16H,2-4H2,1H3,(H,13,14). The number of fused-ring (bicyclic) bond motifs is 1. The van der Waals surface area contributed by atoms with Crippen LogP contribution in [0.1, 0.15) is 26.2 Å².